The van der Waals surface area contributed by atoms with Gasteiger partial charge in [0, 0.05) is 17.1 Å². The van der Waals surface area contributed by atoms with E-state index in [9.17, 15) is 0 Å². The number of halogens is 2. The van der Waals surface area contributed by atoms with Crippen LogP contribution in [0.3, 0.4) is 0 Å². The third kappa shape index (κ3) is 3.72. The molecule has 0 amide bonds. The molecule has 14 heavy (non-hydrogen) atoms. The molecule has 0 unspecified atom stereocenters. The highest BCUT2D eigenvalue weighted by atomic mass is 35.5. The lowest BCUT2D eigenvalue weighted by atomic mass is 10.2. The van der Waals surface area contributed by atoms with Crippen molar-refractivity contribution in [3.8, 4) is 5.75 Å². The highest BCUT2D eigenvalue weighted by Crippen LogP contribution is 2.22. The Morgan fingerprint density at radius 3 is 2.71 bits per heavy atom. The number of nitrogens with two attached hydrogens (primary N) is 1. The molecule has 0 aliphatic heterocycles. The first-order chi connectivity index (χ1) is 6.27. The summed E-state index contributed by atoms with van der Waals surface area (Å²) in [7, 11) is 0. The van der Waals surface area contributed by atoms with Gasteiger partial charge in [0.25, 0.3) is 0 Å². The molecule has 0 saturated carbocycles. The van der Waals surface area contributed by atoms with E-state index in [4.69, 9.17) is 27.2 Å². The monoisotopic (exact) mass is 237 g/mol. The van der Waals surface area contributed by atoms with Crippen molar-refractivity contribution >= 4 is 24.0 Å². The fourth-order valence-corrected chi connectivity index (χ4v) is 1.15. The molecule has 0 saturated heterocycles. The Hall–Kier alpha value is -0.480. The zero-order valence-electron chi connectivity index (χ0n) is 7.57. The summed E-state index contributed by atoms with van der Waals surface area (Å²) in [6.45, 7) is 0.641. The third-order valence-corrected chi connectivity index (χ3v) is 1.83. The molecule has 3 nitrogen and oxygen atoms in total. The van der Waals surface area contributed by atoms with Gasteiger partial charge in [0.2, 0.25) is 0 Å². The summed E-state index contributed by atoms with van der Waals surface area (Å²) in [6.07, 6.45) is 0. The van der Waals surface area contributed by atoms with Crippen LogP contribution < -0.4 is 10.5 Å². The van der Waals surface area contributed by atoms with Gasteiger partial charge in [-0.15, -0.1) is 12.4 Å². The maximum Gasteiger partial charge on any atom is 0.125 e. The number of rotatable bonds is 4. The van der Waals surface area contributed by atoms with Gasteiger partial charge in [0.15, 0.2) is 0 Å². The second kappa shape index (κ2) is 6.90. The van der Waals surface area contributed by atoms with Gasteiger partial charge < -0.3 is 15.6 Å². The van der Waals surface area contributed by atoms with Gasteiger partial charge in [0.05, 0.1) is 6.61 Å². The number of ether oxygens (including phenoxy) is 1. The fourth-order valence-electron chi connectivity index (χ4n) is 0.987. The highest BCUT2D eigenvalue weighted by Gasteiger charge is 2.02. The van der Waals surface area contributed by atoms with E-state index < -0.39 is 0 Å². The molecule has 1 aromatic rings. The van der Waals surface area contributed by atoms with Crippen LogP contribution in [0.5, 0.6) is 5.75 Å². The zero-order valence-corrected chi connectivity index (χ0v) is 9.14. The average molecular weight is 238 g/mol. The van der Waals surface area contributed by atoms with E-state index >= 15 is 0 Å². The summed E-state index contributed by atoms with van der Waals surface area (Å²) in [5.74, 6) is 0.643. The Balaban J connectivity index is 0.00000169. The largest absolute Gasteiger partial charge is 0.491 e. The minimum atomic E-state index is -0.0173. The van der Waals surface area contributed by atoms with Gasteiger partial charge in [-0.05, 0) is 12.1 Å². The summed E-state index contributed by atoms with van der Waals surface area (Å²) in [5, 5.41) is 9.17. The van der Waals surface area contributed by atoms with Gasteiger partial charge in [0.1, 0.15) is 12.4 Å². The van der Waals surface area contributed by atoms with Crippen molar-refractivity contribution in [2.75, 3.05) is 13.2 Å². The van der Waals surface area contributed by atoms with Crippen molar-refractivity contribution in [2.24, 2.45) is 5.73 Å². The van der Waals surface area contributed by atoms with E-state index in [0.29, 0.717) is 17.3 Å². The fraction of sp³-hybridized carbons (Fsp3) is 0.333. The van der Waals surface area contributed by atoms with Crippen LogP contribution in [-0.4, -0.2) is 18.3 Å². The van der Waals surface area contributed by atoms with Crippen LogP contribution >= 0.6 is 24.0 Å². The maximum atomic E-state index is 8.57. The van der Waals surface area contributed by atoms with Crippen LogP contribution in [0.4, 0.5) is 0 Å². The molecule has 0 aliphatic rings. The summed E-state index contributed by atoms with van der Waals surface area (Å²) < 4.78 is 5.24. The van der Waals surface area contributed by atoms with E-state index in [1.165, 1.54) is 0 Å². The van der Waals surface area contributed by atoms with Crippen molar-refractivity contribution in [3.05, 3.63) is 28.8 Å². The Kier molecular flexibility index (Phi) is 6.66. The zero-order chi connectivity index (χ0) is 9.68. The molecule has 0 aromatic heterocycles. The molecule has 0 fully saturated rings. The van der Waals surface area contributed by atoms with Crippen LogP contribution in [-0.2, 0) is 6.54 Å². The predicted molar refractivity (Wildman–Crippen MR) is 59.2 cm³/mol. The molecular formula is C9H13Cl2NO2. The number of hydrogen-bond acceptors (Lipinski definition) is 3. The molecular weight excluding hydrogens is 225 g/mol. The highest BCUT2D eigenvalue weighted by molar-refractivity contribution is 6.30. The van der Waals surface area contributed by atoms with Crippen LogP contribution in [0, 0.1) is 0 Å². The lowest BCUT2D eigenvalue weighted by molar-refractivity contribution is 0.200. The van der Waals surface area contributed by atoms with Crippen LogP contribution in [0.25, 0.3) is 0 Å². The molecule has 5 heteroatoms. The summed E-state index contributed by atoms with van der Waals surface area (Å²) in [5.41, 5.74) is 6.37. The first-order valence-electron chi connectivity index (χ1n) is 4.00. The lowest BCUT2D eigenvalue weighted by Crippen LogP contribution is -2.06. The van der Waals surface area contributed by atoms with Gasteiger partial charge in [-0.1, -0.05) is 17.7 Å². The van der Waals surface area contributed by atoms with Gasteiger partial charge in [-0.25, -0.2) is 0 Å². The van der Waals surface area contributed by atoms with Gasteiger partial charge in [-0.2, -0.15) is 0 Å². The van der Waals surface area contributed by atoms with Crippen molar-refractivity contribution in [2.45, 2.75) is 6.54 Å². The van der Waals surface area contributed by atoms with Gasteiger partial charge >= 0.3 is 0 Å². The van der Waals surface area contributed by atoms with Crippen molar-refractivity contribution in [1.29, 1.82) is 0 Å². The summed E-state index contributed by atoms with van der Waals surface area (Å²) in [4.78, 5) is 0. The lowest BCUT2D eigenvalue weighted by Gasteiger charge is -2.09. The normalized spacial score (nSPS) is 9.36. The molecule has 0 bridgehead atoms. The number of hydrogen-bond donors (Lipinski definition) is 2. The molecule has 1 aromatic carbocycles. The van der Waals surface area contributed by atoms with Crippen molar-refractivity contribution < 1.29 is 9.84 Å². The standard InChI is InChI=1S/C9H12ClNO2.ClH/c10-8-2-1-7(6-11)9(5-8)13-4-3-12;/h1-2,5,12H,3-4,6,11H2;1H. The quantitative estimate of drug-likeness (QED) is 0.837. The summed E-state index contributed by atoms with van der Waals surface area (Å²) >= 11 is 5.77. The first-order valence-corrected chi connectivity index (χ1v) is 4.38. The van der Waals surface area contributed by atoms with E-state index in [1.54, 1.807) is 12.1 Å². The topological polar surface area (TPSA) is 55.5 Å². The number of benzene rings is 1. The Labute approximate surface area is 94.2 Å². The Morgan fingerprint density at radius 2 is 2.14 bits per heavy atom. The first kappa shape index (κ1) is 13.5. The average Bonchev–Trinajstić information content (AvgIpc) is 2.15. The molecule has 80 valence electrons. The predicted octanol–water partition coefficient (Wildman–Crippen LogP) is 1.59. The smallest absolute Gasteiger partial charge is 0.125 e. The molecule has 0 aliphatic carbocycles. The SMILES string of the molecule is Cl.NCc1ccc(Cl)cc1OCCO. The van der Waals surface area contributed by atoms with E-state index in [0.717, 1.165) is 5.56 Å². The third-order valence-electron chi connectivity index (χ3n) is 1.60. The van der Waals surface area contributed by atoms with E-state index in [2.05, 4.69) is 0 Å². The second-order valence-corrected chi connectivity index (χ2v) is 2.96. The van der Waals surface area contributed by atoms with Crippen molar-refractivity contribution in [1.82, 2.24) is 0 Å². The molecule has 1 rings (SSSR count). The molecule has 0 radical (unpaired) electrons. The molecule has 3 N–H and O–H groups in total. The minimum absolute atomic E-state index is 0. The van der Waals surface area contributed by atoms with Crippen LogP contribution in [0.15, 0.2) is 18.2 Å². The van der Waals surface area contributed by atoms with Crippen molar-refractivity contribution in [3.63, 3.8) is 0 Å². The minimum Gasteiger partial charge on any atom is -0.491 e. The molecule has 0 atom stereocenters. The Bertz CT molecular complexity index is 282. The molecule has 0 spiro atoms. The Morgan fingerprint density at radius 1 is 1.43 bits per heavy atom. The van der Waals surface area contributed by atoms with Crippen LogP contribution in [0.1, 0.15) is 5.56 Å². The van der Waals surface area contributed by atoms with E-state index in [1.807, 2.05) is 6.07 Å². The maximum absolute atomic E-state index is 8.57. The molecule has 0 heterocycles. The van der Waals surface area contributed by atoms with E-state index in [-0.39, 0.29) is 25.6 Å². The number of aliphatic hydroxyl groups is 1. The van der Waals surface area contributed by atoms with Crippen LogP contribution in [0.2, 0.25) is 5.02 Å². The van der Waals surface area contributed by atoms with Gasteiger partial charge in [-0.3, -0.25) is 0 Å². The second-order valence-electron chi connectivity index (χ2n) is 2.53. The summed E-state index contributed by atoms with van der Waals surface area (Å²) in [6, 6.07) is 5.27. The number of aliphatic hydroxyl groups excluding tert-OH is 1.